The molecule has 0 radical (unpaired) electrons. The Morgan fingerprint density at radius 1 is 1.09 bits per heavy atom. The van der Waals surface area contributed by atoms with Crippen molar-refractivity contribution in [1.82, 2.24) is 5.32 Å². The molecule has 9 heteroatoms. The van der Waals surface area contributed by atoms with Crippen LogP contribution < -0.4 is 15.1 Å². The first-order valence-electron chi connectivity index (χ1n) is 10.4. The molecule has 0 saturated heterocycles. The fourth-order valence-electron chi connectivity index (χ4n) is 4.57. The van der Waals surface area contributed by atoms with Gasteiger partial charge in [0.25, 0.3) is 5.91 Å². The number of hydrogen-bond acceptors (Lipinski definition) is 5. The zero-order chi connectivity index (χ0) is 24.3. The van der Waals surface area contributed by atoms with Crippen molar-refractivity contribution < 1.29 is 23.9 Å². The average Bonchev–Trinajstić information content (AvgIpc) is 3.12. The summed E-state index contributed by atoms with van der Waals surface area (Å²) in [4.78, 5) is 56.1. The molecule has 172 valence electrons. The molecule has 0 spiro atoms. The van der Waals surface area contributed by atoms with Gasteiger partial charge in [-0.25, -0.2) is 4.79 Å². The van der Waals surface area contributed by atoms with Crippen molar-refractivity contribution in [3.05, 3.63) is 58.6 Å². The summed E-state index contributed by atoms with van der Waals surface area (Å²) in [7, 11) is 1.56. The number of amides is 3. The molecule has 2 aliphatic rings. The lowest BCUT2D eigenvalue weighted by Gasteiger charge is -2.38. The Morgan fingerprint density at radius 3 is 2.39 bits per heavy atom. The van der Waals surface area contributed by atoms with Crippen LogP contribution >= 0.6 is 11.6 Å². The number of carbonyl (C=O) groups is 4. The smallest absolute Gasteiger partial charge is 0.408 e. The summed E-state index contributed by atoms with van der Waals surface area (Å²) in [5, 5.41) is 3.01. The van der Waals surface area contributed by atoms with Crippen molar-refractivity contribution in [1.29, 1.82) is 0 Å². The van der Waals surface area contributed by atoms with E-state index in [-0.39, 0.29) is 5.56 Å². The molecule has 2 aromatic rings. The van der Waals surface area contributed by atoms with Crippen LogP contribution in [0.3, 0.4) is 0 Å². The Kier molecular flexibility index (Phi) is 5.24. The highest BCUT2D eigenvalue weighted by Gasteiger charge is 2.63. The van der Waals surface area contributed by atoms with Crippen LogP contribution in [-0.2, 0) is 19.9 Å². The number of carbonyl (C=O) groups excluding carboxylic acids is 4. The Labute approximate surface area is 196 Å². The number of ether oxygens (including phenoxy) is 1. The first kappa shape index (κ1) is 22.8. The van der Waals surface area contributed by atoms with E-state index in [2.05, 4.69) is 5.32 Å². The number of Topliss-reactive ketones (excluding diaryl/α,β-unsaturated/α-hetero) is 1. The van der Waals surface area contributed by atoms with Gasteiger partial charge in [0.05, 0.1) is 5.69 Å². The van der Waals surface area contributed by atoms with Crippen LogP contribution in [0.15, 0.2) is 42.5 Å². The monoisotopic (exact) mass is 469 g/mol. The standard InChI is InChI=1S/C24H24ClN3O5/c1-13(29)28-17-11-10-14(25)12-15(17)19(30)20(28)24(26-22(32)33-23(2,3)4)16-8-6-7-9-18(16)27(5)21(24)31/h6-12,20H,1-5H3,(H,26,32)/t20?,24-/m0/s1. The first-order valence-corrected chi connectivity index (χ1v) is 10.8. The van der Waals surface area contributed by atoms with Crippen LogP contribution in [0.4, 0.5) is 16.2 Å². The first-order chi connectivity index (χ1) is 15.4. The van der Waals surface area contributed by atoms with Crippen LogP contribution in [0.2, 0.25) is 5.02 Å². The topological polar surface area (TPSA) is 96.0 Å². The molecule has 2 heterocycles. The molecule has 0 saturated carbocycles. The van der Waals surface area contributed by atoms with Gasteiger partial charge in [0.2, 0.25) is 5.91 Å². The van der Waals surface area contributed by atoms with Crippen LogP contribution in [0, 0.1) is 0 Å². The van der Waals surface area contributed by atoms with Crippen molar-refractivity contribution in [2.45, 2.75) is 44.9 Å². The van der Waals surface area contributed by atoms with Gasteiger partial charge in [-0.2, -0.15) is 0 Å². The van der Waals surface area contributed by atoms with Crippen LogP contribution in [0.25, 0.3) is 0 Å². The molecule has 0 aromatic heterocycles. The summed E-state index contributed by atoms with van der Waals surface area (Å²) < 4.78 is 5.45. The number of fused-ring (bicyclic) bond motifs is 2. The quantitative estimate of drug-likeness (QED) is 0.724. The Hall–Kier alpha value is -3.39. The van der Waals surface area contributed by atoms with Gasteiger partial charge in [-0.1, -0.05) is 29.8 Å². The highest BCUT2D eigenvalue weighted by molar-refractivity contribution is 6.32. The van der Waals surface area contributed by atoms with E-state index < -0.39 is 40.9 Å². The van der Waals surface area contributed by atoms with Gasteiger partial charge in [0.15, 0.2) is 11.3 Å². The number of rotatable bonds is 2. The van der Waals surface area contributed by atoms with E-state index in [4.69, 9.17) is 16.3 Å². The van der Waals surface area contributed by atoms with Crippen molar-refractivity contribution in [2.24, 2.45) is 0 Å². The van der Waals surface area contributed by atoms with Crippen molar-refractivity contribution in [3.8, 4) is 0 Å². The molecule has 0 aliphatic carbocycles. The molecule has 2 aromatic carbocycles. The molecule has 0 bridgehead atoms. The van der Waals surface area contributed by atoms with Gasteiger partial charge in [0.1, 0.15) is 11.6 Å². The highest BCUT2D eigenvalue weighted by atomic mass is 35.5. The summed E-state index contributed by atoms with van der Waals surface area (Å²) >= 11 is 6.13. The van der Waals surface area contributed by atoms with E-state index >= 15 is 0 Å². The number of benzene rings is 2. The predicted octanol–water partition coefficient (Wildman–Crippen LogP) is 3.65. The number of nitrogens with zero attached hydrogens (tertiary/aromatic N) is 2. The van der Waals surface area contributed by atoms with Gasteiger partial charge in [-0.05, 0) is 45.0 Å². The van der Waals surface area contributed by atoms with E-state index in [9.17, 15) is 19.2 Å². The maximum Gasteiger partial charge on any atom is 0.408 e. The largest absolute Gasteiger partial charge is 0.444 e. The molecule has 33 heavy (non-hydrogen) atoms. The summed E-state index contributed by atoms with van der Waals surface area (Å²) in [6.45, 7) is 6.38. The number of ketones is 1. The van der Waals surface area contributed by atoms with Gasteiger partial charge in [-0.15, -0.1) is 0 Å². The second-order valence-corrected chi connectivity index (χ2v) is 9.57. The lowest BCUT2D eigenvalue weighted by Crippen LogP contribution is -2.66. The third kappa shape index (κ3) is 3.45. The molecule has 4 rings (SSSR count). The SMILES string of the molecule is CC(=O)N1c2ccc(Cl)cc2C(=O)C1[C@]1(NC(=O)OC(C)(C)C)C(=O)N(C)c2ccccc21. The summed E-state index contributed by atoms with van der Waals surface area (Å²) in [6.07, 6.45) is -0.883. The predicted molar refractivity (Wildman–Crippen MR) is 124 cm³/mol. The van der Waals surface area contributed by atoms with Crippen molar-refractivity contribution >= 4 is 46.7 Å². The zero-order valence-electron chi connectivity index (χ0n) is 18.9. The van der Waals surface area contributed by atoms with Gasteiger partial charge in [-0.3, -0.25) is 19.3 Å². The van der Waals surface area contributed by atoms with Crippen LogP contribution in [0.5, 0.6) is 0 Å². The molecule has 1 N–H and O–H groups in total. The molecule has 2 aliphatic heterocycles. The third-order valence-electron chi connectivity index (χ3n) is 5.77. The Balaban J connectivity index is 1.97. The summed E-state index contributed by atoms with van der Waals surface area (Å²) in [6, 6.07) is 10.1. The average molecular weight is 470 g/mol. The van der Waals surface area contributed by atoms with Crippen molar-refractivity contribution in [3.63, 3.8) is 0 Å². The third-order valence-corrected chi connectivity index (χ3v) is 6.00. The Bertz CT molecular complexity index is 1200. The number of halogens is 1. The van der Waals surface area contributed by atoms with E-state index in [0.29, 0.717) is 22.0 Å². The molecule has 2 atom stereocenters. The lowest BCUT2D eigenvalue weighted by molar-refractivity contribution is -0.125. The van der Waals surface area contributed by atoms with E-state index in [1.807, 2.05) is 0 Å². The fourth-order valence-corrected chi connectivity index (χ4v) is 4.74. The number of anilines is 2. The fraction of sp³-hybridized carbons (Fsp3) is 0.333. The minimum absolute atomic E-state index is 0.202. The van der Waals surface area contributed by atoms with Gasteiger partial charge in [0, 0.05) is 35.8 Å². The van der Waals surface area contributed by atoms with Crippen molar-refractivity contribution in [2.75, 3.05) is 16.8 Å². The van der Waals surface area contributed by atoms with E-state index in [1.165, 1.54) is 22.8 Å². The maximum absolute atomic E-state index is 13.8. The number of hydrogen-bond donors (Lipinski definition) is 1. The molecule has 8 nitrogen and oxygen atoms in total. The molecular formula is C24H24ClN3O5. The van der Waals surface area contributed by atoms with Gasteiger partial charge >= 0.3 is 6.09 Å². The minimum atomic E-state index is -1.90. The number of alkyl carbamates (subject to hydrolysis) is 1. The summed E-state index contributed by atoms with van der Waals surface area (Å²) in [5.41, 5.74) is -1.31. The molecule has 1 unspecified atom stereocenters. The summed E-state index contributed by atoms with van der Waals surface area (Å²) in [5.74, 6) is -1.52. The van der Waals surface area contributed by atoms with E-state index in [0.717, 1.165) is 0 Å². The molecular weight excluding hydrogens is 446 g/mol. The number of para-hydroxylation sites is 1. The normalized spacial score (nSPS) is 21.7. The highest BCUT2D eigenvalue weighted by Crippen LogP contribution is 2.48. The lowest BCUT2D eigenvalue weighted by atomic mass is 9.81. The van der Waals surface area contributed by atoms with Crippen LogP contribution in [0.1, 0.15) is 43.6 Å². The van der Waals surface area contributed by atoms with Crippen LogP contribution in [-0.4, -0.2) is 42.4 Å². The Morgan fingerprint density at radius 2 is 1.76 bits per heavy atom. The van der Waals surface area contributed by atoms with Gasteiger partial charge < -0.3 is 15.0 Å². The maximum atomic E-state index is 13.8. The minimum Gasteiger partial charge on any atom is -0.444 e. The molecule has 3 amide bonds. The zero-order valence-corrected chi connectivity index (χ0v) is 19.7. The second kappa shape index (κ2) is 7.59. The molecule has 0 fully saturated rings. The number of nitrogens with one attached hydrogen (secondary N) is 1. The number of likely N-dealkylation sites (N-methyl/N-ethyl adjacent to an activating group) is 1. The second-order valence-electron chi connectivity index (χ2n) is 9.13. The van der Waals surface area contributed by atoms with E-state index in [1.54, 1.807) is 64.2 Å².